The van der Waals surface area contributed by atoms with E-state index in [0.29, 0.717) is 37.3 Å². The van der Waals surface area contributed by atoms with Crippen molar-refractivity contribution in [3.63, 3.8) is 0 Å². The van der Waals surface area contributed by atoms with Crippen LogP contribution in [0.1, 0.15) is 41.0 Å². The Morgan fingerprint density at radius 1 is 0.700 bits per heavy atom. The first-order valence-electron chi connectivity index (χ1n) is 10.5. The van der Waals surface area contributed by atoms with Gasteiger partial charge in [0.25, 0.3) is 11.8 Å². The third kappa shape index (κ3) is 4.79. The molecule has 2 amide bonds. The van der Waals surface area contributed by atoms with Crippen molar-refractivity contribution in [2.24, 2.45) is 0 Å². The summed E-state index contributed by atoms with van der Waals surface area (Å²) in [7, 11) is 0. The predicted molar refractivity (Wildman–Crippen MR) is 120 cm³/mol. The standard InChI is InChI=1S/C23H22N2O3.C2H6/c26-21-10-8-18(9-11-21)22(27)24-12-3-13-25(15-14-24)23(28)20-7-6-17-4-1-2-5-19(17)16-20;1-2/h1-2,4-11,16,26H,3,12-15H2;1-2H3. The lowest BCUT2D eigenvalue weighted by Gasteiger charge is -2.22. The average Bonchev–Trinajstić information content (AvgIpc) is 3.06. The number of rotatable bonds is 2. The number of phenolic OH excluding ortho intramolecular Hbond substituents is 1. The molecule has 1 aliphatic heterocycles. The molecule has 1 saturated heterocycles. The van der Waals surface area contributed by atoms with E-state index in [-0.39, 0.29) is 17.6 Å². The number of benzene rings is 3. The largest absolute Gasteiger partial charge is 0.508 e. The number of amides is 2. The predicted octanol–water partition coefficient (Wildman–Crippen LogP) is 4.56. The van der Waals surface area contributed by atoms with Crippen LogP contribution in [-0.2, 0) is 0 Å². The van der Waals surface area contributed by atoms with Crippen LogP contribution in [0.4, 0.5) is 0 Å². The third-order valence-corrected chi connectivity index (χ3v) is 5.18. The lowest BCUT2D eigenvalue weighted by Crippen LogP contribution is -2.37. The van der Waals surface area contributed by atoms with E-state index in [9.17, 15) is 14.7 Å². The Morgan fingerprint density at radius 2 is 1.23 bits per heavy atom. The fourth-order valence-electron chi connectivity index (χ4n) is 3.62. The molecule has 0 aromatic heterocycles. The maximum atomic E-state index is 13.0. The molecule has 5 heteroatoms. The zero-order chi connectivity index (χ0) is 21.5. The monoisotopic (exact) mass is 404 g/mol. The quantitative estimate of drug-likeness (QED) is 0.681. The van der Waals surface area contributed by atoms with Gasteiger partial charge in [0, 0.05) is 37.3 Å². The molecule has 3 aromatic carbocycles. The van der Waals surface area contributed by atoms with Crippen LogP contribution in [0.2, 0.25) is 0 Å². The second-order valence-corrected chi connectivity index (χ2v) is 7.05. The summed E-state index contributed by atoms with van der Waals surface area (Å²) in [6, 6.07) is 20.0. The molecule has 3 aromatic rings. The molecule has 1 heterocycles. The van der Waals surface area contributed by atoms with E-state index in [1.54, 1.807) is 17.0 Å². The van der Waals surface area contributed by atoms with Gasteiger partial charge in [-0.05, 0) is 53.6 Å². The molecule has 1 N–H and O–H groups in total. The summed E-state index contributed by atoms with van der Waals surface area (Å²) >= 11 is 0. The van der Waals surface area contributed by atoms with Crippen molar-refractivity contribution in [3.05, 3.63) is 77.9 Å². The summed E-state index contributed by atoms with van der Waals surface area (Å²) in [5.74, 6) is 0.0734. The van der Waals surface area contributed by atoms with Crippen molar-refractivity contribution >= 4 is 22.6 Å². The molecule has 1 aliphatic rings. The van der Waals surface area contributed by atoms with Gasteiger partial charge in [0.15, 0.2) is 0 Å². The van der Waals surface area contributed by atoms with Gasteiger partial charge < -0.3 is 14.9 Å². The number of hydrogen-bond donors (Lipinski definition) is 1. The van der Waals surface area contributed by atoms with Crippen LogP contribution < -0.4 is 0 Å². The van der Waals surface area contributed by atoms with Gasteiger partial charge in [-0.2, -0.15) is 0 Å². The Balaban J connectivity index is 0.00000124. The van der Waals surface area contributed by atoms with Gasteiger partial charge in [0.05, 0.1) is 0 Å². The van der Waals surface area contributed by atoms with Crippen LogP contribution in [0.5, 0.6) is 5.75 Å². The molecule has 0 atom stereocenters. The molecule has 0 bridgehead atoms. The maximum absolute atomic E-state index is 13.0. The average molecular weight is 405 g/mol. The van der Waals surface area contributed by atoms with Crippen LogP contribution >= 0.6 is 0 Å². The molecule has 0 aliphatic carbocycles. The lowest BCUT2D eigenvalue weighted by molar-refractivity contribution is 0.0719. The SMILES string of the molecule is CC.O=C(c1ccc(O)cc1)N1CCCN(C(=O)c2ccc3ccccc3c2)CC1. The Bertz CT molecular complexity index is 1010. The van der Waals surface area contributed by atoms with Crippen molar-refractivity contribution in [1.82, 2.24) is 9.80 Å². The Kier molecular flexibility index (Phi) is 7.07. The Labute approximate surface area is 177 Å². The van der Waals surface area contributed by atoms with E-state index < -0.39 is 0 Å². The van der Waals surface area contributed by atoms with Gasteiger partial charge >= 0.3 is 0 Å². The van der Waals surface area contributed by atoms with Gasteiger partial charge in [-0.3, -0.25) is 9.59 Å². The van der Waals surface area contributed by atoms with E-state index in [4.69, 9.17) is 0 Å². The fourth-order valence-corrected chi connectivity index (χ4v) is 3.62. The maximum Gasteiger partial charge on any atom is 0.253 e. The molecule has 4 rings (SSSR count). The topological polar surface area (TPSA) is 60.9 Å². The van der Waals surface area contributed by atoms with Crippen molar-refractivity contribution in [1.29, 1.82) is 0 Å². The van der Waals surface area contributed by atoms with Crippen molar-refractivity contribution in [2.45, 2.75) is 20.3 Å². The number of nitrogens with zero attached hydrogens (tertiary/aromatic N) is 2. The highest BCUT2D eigenvalue weighted by Gasteiger charge is 2.23. The van der Waals surface area contributed by atoms with E-state index in [1.807, 2.05) is 61.2 Å². The van der Waals surface area contributed by atoms with E-state index in [0.717, 1.165) is 17.2 Å². The third-order valence-electron chi connectivity index (χ3n) is 5.18. The minimum Gasteiger partial charge on any atom is -0.508 e. The molecule has 0 radical (unpaired) electrons. The van der Waals surface area contributed by atoms with E-state index in [2.05, 4.69) is 0 Å². The molecule has 5 nitrogen and oxygen atoms in total. The van der Waals surface area contributed by atoms with Crippen molar-refractivity contribution < 1.29 is 14.7 Å². The summed E-state index contributed by atoms with van der Waals surface area (Å²) in [5, 5.41) is 11.6. The van der Waals surface area contributed by atoms with Crippen molar-refractivity contribution in [2.75, 3.05) is 26.2 Å². The summed E-state index contributed by atoms with van der Waals surface area (Å²) in [6.45, 7) is 6.25. The number of aromatic hydroxyl groups is 1. The number of carbonyl (C=O) groups is 2. The molecular formula is C25H28N2O3. The number of hydrogen-bond acceptors (Lipinski definition) is 3. The highest BCUT2D eigenvalue weighted by molar-refractivity contribution is 5.99. The van der Waals surface area contributed by atoms with Gasteiger partial charge in [-0.1, -0.05) is 44.2 Å². The number of phenols is 1. The zero-order valence-electron chi connectivity index (χ0n) is 17.5. The molecular weight excluding hydrogens is 376 g/mol. The van der Waals surface area contributed by atoms with E-state index >= 15 is 0 Å². The van der Waals surface area contributed by atoms with Crippen LogP contribution in [0, 0.1) is 0 Å². The number of fused-ring (bicyclic) bond motifs is 1. The van der Waals surface area contributed by atoms with Gasteiger partial charge in [-0.25, -0.2) is 0 Å². The fraction of sp³-hybridized carbons (Fsp3) is 0.280. The first kappa shape index (κ1) is 21.4. The second-order valence-electron chi connectivity index (χ2n) is 7.05. The summed E-state index contributed by atoms with van der Waals surface area (Å²) in [5.41, 5.74) is 1.23. The molecule has 30 heavy (non-hydrogen) atoms. The second kappa shape index (κ2) is 9.92. The molecule has 0 spiro atoms. The molecule has 1 fully saturated rings. The van der Waals surface area contributed by atoms with Crippen LogP contribution in [0.15, 0.2) is 66.7 Å². The normalized spacial score (nSPS) is 13.9. The highest BCUT2D eigenvalue weighted by Crippen LogP contribution is 2.18. The first-order chi connectivity index (χ1) is 14.6. The molecule has 0 unspecified atom stereocenters. The summed E-state index contributed by atoms with van der Waals surface area (Å²) in [4.78, 5) is 29.3. The first-order valence-corrected chi connectivity index (χ1v) is 10.5. The minimum atomic E-state index is -0.0694. The number of carbonyl (C=O) groups excluding carboxylic acids is 2. The molecule has 156 valence electrons. The molecule has 0 saturated carbocycles. The van der Waals surface area contributed by atoms with E-state index in [1.165, 1.54) is 12.1 Å². The Morgan fingerprint density at radius 3 is 1.87 bits per heavy atom. The minimum absolute atomic E-state index is 0.00434. The van der Waals surface area contributed by atoms with Crippen LogP contribution in [0.3, 0.4) is 0 Å². The van der Waals surface area contributed by atoms with Crippen LogP contribution in [0.25, 0.3) is 10.8 Å². The zero-order valence-corrected chi connectivity index (χ0v) is 17.5. The smallest absolute Gasteiger partial charge is 0.253 e. The van der Waals surface area contributed by atoms with Crippen molar-refractivity contribution in [3.8, 4) is 5.75 Å². The van der Waals surface area contributed by atoms with Gasteiger partial charge in [-0.15, -0.1) is 0 Å². The van der Waals surface area contributed by atoms with Gasteiger partial charge in [0.2, 0.25) is 0 Å². The van der Waals surface area contributed by atoms with Gasteiger partial charge in [0.1, 0.15) is 5.75 Å². The highest BCUT2D eigenvalue weighted by atomic mass is 16.3. The summed E-state index contributed by atoms with van der Waals surface area (Å²) < 4.78 is 0. The van der Waals surface area contributed by atoms with Crippen LogP contribution in [-0.4, -0.2) is 52.9 Å². The lowest BCUT2D eigenvalue weighted by atomic mass is 10.1. The summed E-state index contributed by atoms with van der Waals surface area (Å²) in [6.07, 6.45) is 0.739. The Hall–Kier alpha value is -3.34.